The molecule has 2 aromatic rings. The van der Waals surface area contributed by atoms with Crippen molar-refractivity contribution in [3.63, 3.8) is 0 Å². The molecule has 1 saturated heterocycles. The molecule has 4 atom stereocenters. The Balaban J connectivity index is 1.59. The standard InChI is InChI=1S/C25H26N2O5/c1-4-11-27(12-5-2)21-18-13-17-14-19(29-3)25(18,31-17)23(28)20-22(21)32-26-24(20)30-15-16-9-7-6-8-10-16/h4-10,14,17-18,21H,1-2,11-13,15H2,3H3/t17-,18?,21+,25+/m1/s1. The minimum atomic E-state index is -1.20. The molecule has 1 aromatic heterocycles. The second-order valence-electron chi connectivity index (χ2n) is 8.28. The summed E-state index contributed by atoms with van der Waals surface area (Å²) in [5.74, 6) is 0.833. The van der Waals surface area contributed by atoms with E-state index in [1.54, 1.807) is 7.11 Å². The lowest BCUT2D eigenvalue weighted by atomic mass is 9.67. The number of carbonyl (C=O) groups is 1. The molecule has 5 rings (SSSR count). The number of Topliss-reactive ketones (excluding diaryl/α,β-unsaturated/α-hetero) is 1. The van der Waals surface area contributed by atoms with E-state index >= 15 is 0 Å². The Morgan fingerprint density at radius 2 is 2.00 bits per heavy atom. The first kappa shape index (κ1) is 20.7. The van der Waals surface area contributed by atoms with Crippen molar-refractivity contribution >= 4 is 5.78 Å². The zero-order chi connectivity index (χ0) is 22.3. The molecule has 32 heavy (non-hydrogen) atoms. The summed E-state index contributed by atoms with van der Waals surface area (Å²) in [5, 5.41) is 4.16. The van der Waals surface area contributed by atoms with Crippen LogP contribution in [0.4, 0.5) is 0 Å². The third-order valence-corrected chi connectivity index (χ3v) is 6.51. The number of methoxy groups -OCH3 is 1. The molecule has 0 radical (unpaired) electrons. The highest BCUT2D eigenvalue weighted by molar-refractivity contribution is 6.09. The summed E-state index contributed by atoms with van der Waals surface area (Å²) in [4.78, 5) is 16.1. The van der Waals surface area contributed by atoms with E-state index in [4.69, 9.17) is 18.7 Å². The lowest BCUT2D eigenvalue weighted by molar-refractivity contribution is -0.0340. The van der Waals surface area contributed by atoms with Crippen LogP contribution in [-0.4, -0.2) is 47.7 Å². The maximum atomic E-state index is 13.9. The van der Waals surface area contributed by atoms with Crippen molar-refractivity contribution in [2.75, 3.05) is 20.2 Å². The Kier molecular flexibility index (Phi) is 5.23. The van der Waals surface area contributed by atoms with E-state index in [9.17, 15) is 4.79 Å². The predicted octanol–water partition coefficient (Wildman–Crippen LogP) is 3.85. The van der Waals surface area contributed by atoms with Gasteiger partial charge in [-0.1, -0.05) is 42.5 Å². The molecule has 166 valence electrons. The summed E-state index contributed by atoms with van der Waals surface area (Å²) >= 11 is 0. The molecule has 1 aromatic carbocycles. The van der Waals surface area contributed by atoms with E-state index in [0.29, 0.717) is 36.6 Å². The highest BCUT2D eigenvalue weighted by atomic mass is 16.6. The molecule has 3 heterocycles. The number of hydrogen-bond donors (Lipinski definition) is 0. The first-order valence-electron chi connectivity index (χ1n) is 10.7. The summed E-state index contributed by atoms with van der Waals surface area (Å²) in [5.41, 5.74) is 0.0926. The van der Waals surface area contributed by atoms with Crippen molar-refractivity contribution in [3.05, 3.63) is 84.4 Å². The number of carbonyl (C=O) groups excluding carboxylic acids is 1. The Bertz CT molecular complexity index is 1070. The SMILES string of the molecule is C=CCN(CC=C)[C@@H]1c2onc(OCc3ccccc3)c2C(=O)[C@@]23O[C@@H](C=C2OC)CC13. The summed E-state index contributed by atoms with van der Waals surface area (Å²) in [6.07, 6.45) is 6.07. The molecule has 0 saturated carbocycles. The van der Waals surface area contributed by atoms with Crippen LogP contribution in [0.1, 0.15) is 34.1 Å². The first-order chi connectivity index (χ1) is 15.6. The Morgan fingerprint density at radius 3 is 2.69 bits per heavy atom. The molecule has 1 fully saturated rings. The van der Waals surface area contributed by atoms with Gasteiger partial charge in [0.1, 0.15) is 17.9 Å². The predicted molar refractivity (Wildman–Crippen MR) is 117 cm³/mol. The average Bonchev–Trinajstić information content (AvgIpc) is 3.50. The maximum absolute atomic E-state index is 13.9. The van der Waals surface area contributed by atoms with Gasteiger partial charge in [-0.2, -0.15) is 0 Å². The normalized spacial score (nSPS) is 27.6. The quantitative estimate of drug-likeness (QED) is 0.555. The summed E-state index contributed by atoms with van der Waals surface area (Å²) in [6.45, 7) is 9.25. The smallest absolute Gasteiger partial charge is 0.265 e. The van der Waals surface area contributed by atoms with Gasteiger partial charge in [-0.15, -0.1) is 13.2 Å². The second kappa shape index (κ2) is 8.07. The molecular weight excluding hydrogens is 408 g/mol. The van der Waals surface area contributed by atoms with Gasteiger partial charge in [-0.25, -0.2) is 0 Å². The number of fused-ring (bicyclic) bond motifs is 2. The highest BCUT2D eigenvalue weighted by Crippen LogP contribution is 2.59. The molecule has 2 bridgehead atoms. The van der Waals surface area contributed by atoms with E-state index in [1.165, 1.54) is 0 Å². The largest absolute Gasteiger partial charge is 0.498 e. The number of ketones is 1. The molecule has 1 aliphatic carbocycles. The van der Waals surface area contributed by atoms with Gasteiger partial charge < -0.3 is 18.7 Å². The van der Waals surface area contributed by atoms with Gasteiger partial charge in [0.25, 0.3) is 5.88 Å². The zero-order valence-electron chi connectivity index (χ0n) is 18.0. The van der Waals surface area contributed by atoms with Crippen LogP contribution in [0.25, 0.3) is 0 Å². The van der Waals surface area contributed by atoms with Crippen LogP contribution >= 0.6 is 0 Å². The second-order valence-corrected chi connectivity index (χ2v) is 8.28. The number of aromatic nitrogens is 1. The van der Waals surface area contributed by atoms with E-state index in [-0.39, 0.29) is 36.3 Å². The fourth-order valence-electron chi connectivity index (χ4n) is 5.28. The van der Waals surface area contributed by atoms with Crippen LogP contribution < -0.4 is 4.74 Å². The minimum Gasteiger partial charge on any atom is -0.498 e. The summed E-state index contributed by atoms with van der Waals surface area (Å²) < 4.78 is 23.7. The summed E-state index contributed by atoms with van der Waals surface area (Å²) in [7, 11) is 1.57. The molecule has 1 unspecified atom stereocenters. The Morgan fingerprint density at radius 1 is 1.25 bits per heavy atom. The van der Waals surface area contributed by atoms with Crippen LogP contribution in [0.3, 0.4) is 0 Å². The van der Waals surface area contributed by atoms with Gasteiger partial charge in [0.2, 0.25) is 5.78 Å². The average molecular weight is 434 g/mol. The highest BCUT2D eigenvalue weighted by Gasteiger charge is 2.68. The van der Waals surface area contributed by atoms with Gasteiger partial charge >= 0.3 is 0 Å². The van der Waals surface area contributed by atoms with Crippen LogP contribution in [-0.2, 0) is 16.1 Å². The Labute approximate surface area is 186 Å². The zero-order valence-corrected chi connectivity index (χ0v) is 18.0. The minimum absolute atomic E-state index is 0.178. The topological polar surface area (TPSA) is 74.0 Å². The lowest BCUT2D eigenvalue weighted by Gasteiger charge is -2.43. The van der Waals surface area contributed by atoms with Crippen molar-refractivity contribution < 1.29 is 23.5 Å². The van der Waals surface area contributed by atoms with Gasteiger partial charge in [0.05, 0.1) is 19.3 Å². The number of rotatable bonds is 9. The van der Waals surface area contributed by atoms with E-state index in [1.807, 2.05) is 48.6 Å². The first-order valence-corrected chi connectivity index (χ1v) is 10.7. The van der Waals surface area contributed by atoms with Crippen LogP contribution in [0.2, 0.25) is 0 Å². The van der Waals surface area contributed by atoms with Crippen LogP contribution in [0, 0.1) is 5.92 Å². The van der Waals surface area contributed by atoms with Crippen molar-refractivity contribution in [2.24, 2.45) is 5.92 Å². The van der Waals surface area contributed by atoms with E-state index < -0.39 is 5.60 Å². The molecule has 2 aliphatic heterocycles. The Hall–Kier alpha value is -3.16. The van der Waals surface area contributed by atoms with Crippen molar-refractivity contribution in [3.8, 4) is 5.88 Å². The van der Waals surface area contributed by atoms with E-state index in [0.717, 1.165) is 5.56 Å². The fourth-order valence-corrected chi connectivity index (χ4v) is 5.28. The van der Waals surface area contributed by atoms with Gasteiger partial charge in [0, 0.05) is 19.0 Å². The van der Waals surface area contributed by atoms with Crippen molar-refractivity contribution in [1.29, 1.82) is 0 Å². The van der Waals surface area contributed by atoms with Gasteiger partial charge in [-0.05, 0) is 23.2 Å². The molecule has 0 amide bonds. The third kappa shape index (κ3) is 2.96. The maximum Gasteiger partial charge on any atom is 0.265 e. The van der Waals surface area contributed by atoms with Crippen molar-refractivity contribution in [1.82, 2.24) is 10.1 Å². The molecule has 3 aliphatic rings. The fraction of sp³-hybridized carbons (Fsp3) is 0.360. The van der Waals surface area contributed by atoms with E-state index in [2.05, 4.69) is 23.2 Å². The lowest BCUT2D eigenvalue weighted by Crippen LogP contribution is -2.54. The molecule has 0 N–H and O–H groups in total. The molecule has 1 spiro atoms. The number of benzene rings is 1. The molecule has 7 heteroatoms. The number of nitrogens with zero attached hydrogens (tertiary/aromatic N) is 2. The van der Waals surface area contributed by atoms with Crippen molar-refractivity contribution in [2.45, 2.75) is 30.8 Å². The summed E-state index contributed by atoms with van der Waals surface area (Å²) in [6, 6.07) is 9.46. The van der Waals surface area contributed by atoms with Gasteiger partial charge in [-0.3, -0.25) is 9.69 Å². The molecular formula is C25H26N2O5. The number of ether oxygens (including phenoxy) is 3. The van der Waals surface area contributed by atoms with Crippen LogP contribution in [0.5, 0.6) is 5.88 Å². The molecule has 7 nitrogen and oxygen atoms in total. The number of hydrogen-bond acceptors (Lipinski definition) is 7. The van der Waals surface area contributed by atoms with Gasteiger partial charge in [0.15, 0.2) is 11.4 Å². The van der Waals surface area contributed by atoms with Crippen LogP contribution in [0.15, 0.2) is 72.0 Å². The monoisotopic (exact) mass is 434 g/mol. The third-order valence-electron chi connectivity index (χ3n) is 6.51.